The summed E-state index contributed by atoms with van der Waals surface area (Å²) in [5, 5.41) is 7.36. The molecule has 110 valence electrons. The van der Waals surface area contributed by atoms with E-state index in [1.807, 2.05) is 30.3 Å². The van der Waals surface area contributed by atoms with E-state index < -0.39 is 5.25 Å². The maximum Gasteiger partial charge on any atom is 0.319 e. The molecular formula is C14H15N3O3S. The first-order chi connectivity index (χ1) is 10.1. The van der Waals surface area contributed by atoms with Crippen LogP contribution >= 0.6 is 11.8 Å². The number of ether oxygens (including phenoxy) is 1. The van der Waals surface area contributed by atoms with Crippen LogP contribution in [0.3, 0.4) is 0 Å². The van der Waals surface area contributed by atoms with Gasteiger partial charge in [0.2, 0.25) is 0 Å². The predicted molar refractivity (Wildman–Crippen MR) is 78.9 cm³/mol. The summed E-state index contributed by atoms with van der Waals surface area (Å²) < 4.78 is 5.22. The zero-order chi connectivity index (χ0) is 15.2. The standard InChI is InChI=1S/C14H15N3O3S/c1-9-12(18)15-14(17-16-9)21-10(2)13(19)20-8-11-6-4-3-5-7-11/h3-7,10H,8H2,1-2H3,(H,15,17,18). The van der Waals surface area contributed by atoms with Crippen molar-refractivity contribution in [3.63, 3.8) is 0 Å². The number of aryl methyl sites for hydroxylation is 1. The normalized spacial score (nSPS) is 11.9. The summed E-state index contributed by atoms with van der Waals surface area (Å²) in [6.45, 7) is 3.48. The van der Waals surface area contributed by atoms with Crippen LogP contribution in [0.4, 0.5) is 0 Å². The number of rotatable bonds is 5. The molecule has 0 saturated heterocycles. The van der Waals surface area contributed by atoms with Crippen molar-refractivity contribution < 1.29 is 9.53 Å². The Hall–Kier alpha value is -2.15. The maximum absolute atomic E-state index is 11.9. The minimum absolute atomic E-state index is 0.223. The number of H-pyrrole nitrogens is 1. The molecule has 2 aromatic rings. The number of carbonyl (C=O) groups is 1. The van der Waals surface area contributed by atoms with Crippen molar-refractivity contribution in [2.24, 2.45) is 0 Å². The number of esters is 1. The molecular weight excluding hydrogens is 290 g/mol. The van der Waals surface area contributed by atoms with Gasteiger partial charge < -0.3 is 4.74 Å². The van der Waals surface area contributed by atoms with Crippen molar-refractivity contribution in [3.8, 4) is 0 Å². The Labute approximate surface area is 126 Å². The lowest BCUT2D eigenvalue weighted by Gasteiger charge is -2.10. The number of hydrogen-bond acceptors (Lipinski definition) is 6. The quantitative estimate of drug-likeness (QED) is 0.668. The Morgan fingerprint density at radius 1 is 1.33 bits per heavy atom. The van der Waals surface area contributed by atoms with Gasteiger partial charge in [0, 0.05) is 0 Å². The Kier molecular flexibility index (Phi) is 5.10. The number of aromatic amines is 1. The van der Waals surface area contributed by atoms with Gasteiger partial charge in [0.1, 0.15) is 17.6 Å². The SMILES string of the molecule is Cc1nnc(SC(C)C(=O)OCc2ccccc2)[nH]c1=O. The molecule has 7 heteroatoms. The Bertz CT molecular complexity index is 673. The molecule has 0 fully saturated rings. The summed E-state index contributed by atoms with van der Waals surface area (Å²) in [5.41, 5.74) is 0.905. The van der Waals surface area contributed by atoms with Gasteiger partial charge in [0.25, 0.3) is 5.56 Å². The van der Waals surface area contributed by atoms with Gasteiger partial charge in [-0.15, -0.1) is 10.2 Å². The van der Waals surface area contributed by atoms with Crippen LogP contribution in [0.25, 0.3) is 0 Å². The van der Waals surface area contributed by atoms with Crippen molar-refractivity contribution in [2.45, 2.75) is 30.9 Å². The lowest BCUT2D eigenvalue weighted by atomic mass is 10.2. The number of thioether (sulfide) groups is 1. The van der Waals surface area contributed by atoms with E-state index in [4.69, 9.17) is 4.74 Å². The van der Waals surface area contributed by atoms with Crippen LogP contribution in [0.15, 0.2) is 40.3 Å². The third-order valence-electron chi connectivity index (χ3n) is 2.68. The molecule has 0 saturated carbocycles. The molecule has 0 aliphatic carbocycles. The highest BCUT2D eigenvalue weighted by atomic mass is 32.2. The van der Waals surface area contributed by atoms with Gasteiger partial charge in [-0.05, 0) is 19.4 Å². The third kappa shape index (κ3) is 4.42. The molecule has 1 heterocycles. The zero-order valence-electron chi connectivity index (χ0n) is 11.7. The Morgan fingerprint density at radius 3 is 2.71 bits per heavy atom. The van der Waals surface area contributed by atoms with Crippen LogP contribution in [-0.2, 0) is 16.1 Å². The van der Waals surface area contributed by atoms with Crippen LogP contribution < -0.4 is 5.56 Å². The number of carbonyl (C=O) groups excluding carboxylic acids is 1. The predicted octanol–water partition coefficient (Wildman–Crippen LogP) is 1.70. The fourth-order valence-corrected chi connectivity index (χ4v) is 2.23. The average molecular weight is 305 g/mol. The van der Waals surface area contributed by atoms with Gasteiger partial charge in [-0.1, -0.05) is 42.1 Å². The minimum atomic E-state index is -0.485. The van der Waals surface area contributed by atoms with E-state index in [9.17, 15) is 9.59 Å². The molecule has 0 amide bonds. The van der Waals surface area contributed by atoms with Crippen molar-refractivity contribution >= 4 is 17.7 Å². The highest BCUT2D eigenvalue weighted by Gasteiger charge is 2.17. The fraction of sp³-hybridized carbons (Fsp3) is 0.286. The molecule has 21 heavy (non-hydrogen) atoms. The largest absolute Gasteiger partial charge is 0.460 e. The molecule has 1 N–H and O–H groups in total. The number of nitrogens with zero attached hydrogens (tertiary/aromatic N) is 2. The first-order valence-electron chi connectivity index (χ1n) is 6.37. The number of aromatic nitrogens is 3. The van der Waals surface area contributed by atoms with Gasteiger partial charge in [-0.25, -0.2) is 0 Å². The van der Waals surface area contributed by atoms with E-state index in [1.165, 1.54) is 0 Å². The second kappa shape index (κ2) is 7.03. The summed E-state index contributed by atoms with van der Waals surface area (Å²) in [6, 6.07) is 9.43. The number of nitrogens with one attached hydrogen (secondary N) is 1. The van der Waals surface area contributed by atoms with Gasteiger partial charge in [0.15, 0.2) is 5.16 Å². The first-order valence-corrected chi connectivity index (χ1v) is 7.25. The van der Waals surface area contributed by atoms with E-state index in [0.29, 0.717) is 10.9 Å². The van der Waals surface area contributed by atoms with Gasteiger partial charge >= 0.3 is 5.97 Å². The molecule has 1 atom stereocenters. The summed E-state index contributed by atoms with van der Waals surface area (Å²) in [5.74, 6) is -0.368. The molecule has 2 rings (SSSR count). The average Bonchev–Trinajstić information content (AvgIpc) is 2.49. The molecule has 6 nitrogen and oxygen atoms in total. The van der Waals surface area contributed by atoms with Crippen molar-refractivity contribution in [1.29, 1.82) is 0 Å². The van der Waals surface area contributed by atoms with Gasteiger partial charge in [0.05, 0.1) is 0 Å². The van der Waals surface area contributed by atoms with Crippen molar-refractivity contribution in [1.82, 2.24) is 15.2 Å². The van der Waals surface area contributed by atoms with Crippen LogP contribution in [0, 0.1) is 6.92 Å². The molecule has 0 aliphatic heterocycles. The van der Waals surface area contributed by atoms with E-state index >= 15 is 0 Å². The molecule has 0 radical (unpaired) electrons. The molecule has 1 aromatic carbocycles. The summed E-state index contributed by atoms with van der Waals surface area (Å²) >= 11 is 1.11. The summed E-state index contributed by atoms with van der Waals surface area (Å²) in [4.78, 5) is 25.9. The molecule has 1 aromatic heterocycles. The Morgan fingerprint density at radius 2 is 2.05 bits per heavy atom. The topological polar surface area (TPSA) is 84.9 Å². The van der Waals surface area contributed by atoms with Gasteiger partial charge in [-0.3, -0.25) is 14.6 Å². The monoisotopic (exact) mass is 305 g/mol. The number of benzene rings is 1. The summed E-state index contributed by atoms with van der Waals surface area (Å²) in [7, 11) is 0. The van der Waals surface area contributed by atoms with Crippen molar-refractivity contribution in [3.05, 3.63) is 51.9 Å². The summed E-state index contributed by atoms with van der Waals surface area (Å²) in [6.07, 6.45) is 0. The highest BCUT2D eigenvalue weighted by Crippen LogP contribution is 2.19. The zero-order valence-corrected chi connectivity index (χ0v) is 12.5. The Balaban J connectivity index is 1.90. The highest BCUT2D eigenvalue weighted by molar-refractivity contribution is 8.00. The van der Waals surface area contributed by atoms with E-state index in [1.54, 1.807) is 13.8 Å². The molecule has 1 unspecified atom stereocenters. The van der Waals surface area contributed by atoms with E-state index in [2.05, 4.69) is 15.2 Å². The maximum atomic E-state index is 11.9. The second-order valence-electron chi connectivity index (χ2n) is 4.40. The van der Waals surface area contributed by atoms with E-state index in [-0.39, 0.29) is 18.1 Å². The van der Waals surface area contributed by atoms with Crippen molar-refractivity contribution in [2.75, 3.05) is 0 Å². The third-order valence-corrected chi connectivity index (χ3v) is 3.64. The lowest BCUT2D eigenvalue weighted by Crippen LogP contribution is -2.19. The van der Waals surface area contributed by atoms with Crippen LogP contribution in [0.1, 0.15) is 18.2 Å². The minimum Gasteiger partial charge on any atom is -0.460 e. The molecule has 0 spiro atoms. The van der Waals surface area contributed by atoms with Gasteiger partial charge in [-0.2, -0.15) is 0 Å². The number of hydrogen-bond donors (Lipinski definition) is 1. The van der Waals surface area contributed by atoms with Crippen LogP contribution in [-0.4, -0.2) is 26.4 Å². The second-order valence-corrected chi connectivity index (χ2v) is 5.73. The fourth-order valence-electron chi connectivity index (χ4n) is 1.49. The smallest absolute Gasteiger partial charge is 0.319 e. The lowest BCUT2D eigenvalue weighted by molar-refractivity contribution is -0.143. The van der Waals surface area contributed by atoms with E-state index in [0.717, 1.165) is 17.3 Å². The molecule has 0 bridgehead atoms. The van der Waals surface area contributed by atoms with Crippen LogP contribution in [0.5, 0.6) is 0 Å². The van der Waals surface area contributed by atoms with Crippen LogP contribution in [0.2, 0.25) is 0 Å². The molecule has 0 aliphatic rings. The first kappa shape index (κ1) is 15.2.